The van der Waals surface area contributed by atoms with E-state index in [0.29, 0.717) is 17.4 Å². The van der Waals surface area contributed by atoms with E-state index in [4.69, 9.17) is 16.7 Å². The summed E-state index contributed by atoms with van der Waals surface area (Å²) in [6, 6.07) is 15.9. The van der Waals surface area contributed by atoms with Gasteiger partial charge in [0.1, 0.15) is 0 Å². The van der Waals surface area contributed by atoms with Gasteiger partial charge in [0.2, 0.25) is 0 Å². The predicted molar refractivity (Wildman–Crippen MR) is 137 cm³/mol. The molecule has 3 fully saturated rings. The molecule has 7 rings (SSSR count). The average Bonchev–Trinajstić information content (AvgIpc) is 2.97. The van der Waals surface area contributed by atoms with Crippen molar-refractivity contribution in [3.63, 3.8) is 0 Å². The molecule has 0 aromatic heterocycles. The molecule has 2 aromatic rings. The Kier molecular flexibility index (Phi) is 5.48. The molecule has 4 aliphatic carbocycles. The molecule has 2 amide bonds. The van der Waals surface area contributed by atoms with Gasteiger partial charge < -0.3 is 20.6 Å². The number of hydrogen-bond acceptors (Lipinski definition) is 3. The van der Waals surface area contributed by atoms with Gasteiger partial charge in [-0.2, -0.15) is 0 Å². The number of urea groups is 1. The Morgan fingerprint density at radius 3 is 2.09 bits per heavy atom. The largest absolute Gasteiger partial charge is 0.478 e. The Morgan fingerprint density at radius 2 is 1.51 bits per heavy atom. The number of aromatic carboxylic acids is 1. The van der Waals surface area contributed by atoms with Crippen LogP contribution < -0.4 is 15.5 Å². The number of rotatable bonds is 4. The first kappa shape index (κ1) is 22.7. The summed E-state index contributed by atoms with van der Waals surface area (Å²) < 4.78 is 0. The molecule has 2 unspecified atom stereocenters. The number of hydrogen-bond donors (Lipinski definition) is 3. The molecule has 1 saturated heterocycles. The Labute approximate surface area is 211 Å². The van der Waals surface area contributed by atoms with E-state index in [1.807, 2.05) is 12.1 Å². The monoisotopic (exact) mass is 493 g/mol. The number of carbonyl (C=O) groups is 2. The summed E-state index contributed by atoms with van der Waals surface area (Å²) in [5, 5.41) is 15.8. The second-order valence-corrected chi connectivity index (χ2v) is 12.0. The van der Waals surface area contributed by atoms with Crippen molar-refractivity contribution >= 4 is 29.3 Å². The van der Waals surface area contributed by atoms with E-state index >= 15 is 0 Å². The van der Waals surface area contributed by atoms with Crippen LogP contribution >= 0.6 is 11.6 Å². The number of carbonyl (C=O) groups excluding carboxylic acids is 1. The molecule has 2 aromatic carbocycles. The molecule has 6 nitrogen and oxygen atoms in total. The van der Waals surface area contributed by atoms with Crippen molar-refractivity contribution in [1.82, 2.24) is 10.6 Å². The third-order valence-corrected chi connectivity index (χ3v) is 9.16. The second-order valence-electron chi connectivity index (χ2n) is 11.2. The van der Waals surface area contributed by atoms with Crippen LogP contribution in [0, 0.1) is 0 Å². The fraction of sp³-hybridized carbons (Fsp3) is 0.500. The molecule has 2 atom stereocenters. The number of nitrogens with zero attached hydrogens (tertiary/aromatic N) is 1. The number of anilines is 1. The van der Waals surface area contributed by atoms with Gasteiger partial charge in [-0.3, -0.25) is 0 Å². The molecule has 35 heavy (non-hydrogen) atoms. The molecule has 3 N–H and O–H groups in total. The SMILES string of the molecule is O=C(NC1CCN(c2ccc(C(=O)O)cc2)CC1)NC12CC3CC(Cl)(CC(C1)c1ccccc13)C2. The maximum atomic E-state index is 13.2. The molecule has 7 heteroatoms. The van der Waals surface area contributed by atoms with Crippen LogP contribution in [0.2, 0.25) is 0 Å². The van der Waals surface area contributed by atoms with Crippen molar-refractivity contribution in [2.24, 2.45) is 0 Å². The molecule has 4 bridgehead atoms. The standard InChI is InChI=1S/C28H32ClN3O3/c29-27-13-19-15-28(17-27,16-20(14-27)24-4-2-1-3-23(19)24)31-26(35)30-21-9-11-32(12-10-21)22-7-5-18(6-8-22)25(33)34/h1-8,19-21H,9-17H2,(H,33,34)(H2,30,31,35). The zero-order valence-corrected chi connectivity index (χ0v) is 20.6. The third-order valence-electron chi connectivity index (χ3n) is 8.72. The lowest BCUT2D eigenvalue weighted by atomic mass is 9.62. The van der Waals surface area contributed by atoms with Gasteiger partial charge in [0, 0.05) is 35.2 Å². The Balaban J connectivity index is 1.09. The van der Waals surface area contributed by atoms with Gasteiger partial charge in [-0.15, -0.1) is 11.6 Å². The predicted octanol–water partition coefficient (Wildman–Crippen LogP) is 5.23. The van der Waals surface area contributed by atoms with Crippen LogP contribution in [-0.4, -0.2) is 46.7 Å². The summed E-state index contributed by atoms with van der Waals surface area (Å²) in [5.41, 5.74) is 3.95. The third kappa shape index (κ3) is 4.26. The second kappa shape index (κ2) is 8.44. The zero-order chi connectivity index (χ0) is 24.2. The van der Waals surface area contributed by atoms with E-state index in [1.165, 1.54) is 11.1 Å². The number of nitrogens with one attached hydrogen (secondary N) is 2. The van der Waals surface area contributed by atoms with Crippen LogP contribution in [0.1, 0.15) is 78.3 Å². The van der Waals surface area contributed by atoms with Crippen molar-refractivity contribution < 1.29 is 14.7 Å². The smallest absolute Gasteiger partial charge is 0.335 e. The summed E-state index contributed by atoms with van der Waals surface area (Å²) in [7, 11) is 0. The van der Waals surface area contributed by atoms with E-state index in [1.54, 1.807) is 12.1 Å². The molecule has 0 radical (unpaired) electrons. The summed E-state index contributed by atoms with van der Waals surface area (Å²) in [4.78, 5) is 26.3. The van der Waals surface area contributed by atoms with Crippen molar-refractivity contribution in [2.45, 2.75) is 73.2 Å². The number of amides is 2. The summed E-state index contributed by atoms with van der Waals surface area (Å²) >= 11 is 7.18. The number of piperidine rings is 1. The number of halogens is 1. The Bertz CT molecular complexity index is 1110. The summed E-state index contributed by atoms with van der Waals surface area (Å²) in [5.74, 6) is -0.105. The number of alkyl halides is 1. The Hall–Kier alpha value is -2.73. The first-order chi connectivity index (χ1) is 16.8. The first-order valence-corrected chi connectivity index (χ1v) is 13.1. The summed E-state index contributed by atoms with van der Waals surface area (Å²) in [6.45, 7) is 1.65. The van der Waals surface area contributed by atoms with Crippen LogP contribution in [0.15, 0.2) is 48.5 Å². The highest BCUT2D eigenvalue weighted by atomic mass is 35.5. The maximum absolute atomic E-state index is 13.2. The van der Waals surface area contributed by atoms with Crippen molar-refractivity contribution in [3.8, 4) is 0 Å². The van der Waals surface area contributed by atoms with Crippen LogP contribution in [0.5, 0.6) is 0 Å². The number of carboxylic acid groups (broad SMARTS) is 1. The van der Waals surface area contributed by atoms with Crippen LogP contribution in [0.25, 0.3) is 0 Å². The van der Waals surface area contributed by atoms with Crippen LogP contribution in [-0.2, 0) is 0 Å². The number of benzene rings is 2. The molecular weight excluding hydrogens is 462 g/mol. The highest BCUT2D eigenvalue weighted by molar-refractivity contribution is 6.24. The van der Waals surface area contributed by atoms with E-state index in [-0.39, 0.29) is 22.5 Å². The summed E-state index contributed by atoms with van der Waals surface area (Å²) in [6.07, 6.45) is 6.49. The molecule has 2 saturated carbocycles. The fourth-order valence-electron chi connectivity index (χ4n) is 7.43. The van der Waals surface area contributed by atoms with Crippen LogP contribution in [0.4, 0.5) is 10.5 Å². The average molecular weight is 494 g/mol. The van der Waals surface area contributed by atoms with E-state index in [9.17, 15) is 9.59 Å². The van der Waals surface area contributed by atoms with Gasteiger partial charge in [-0.25, -0.2) is 9.59 Å². The van der Waals surface area contributed by atoms with Gasteiger partial charge >= 0.3 is 12.0 Å². The molecule has 184 valence electrons. The fourth-order valence-corrected chi connectivity index (χ4v) is 8.06. The van der Waals surface area contributed by atoms with E-state index in [0.717, 1.165) is 63.7 Å². The van der Waals surface area contributed by atoms with E-state index < -0.39 is 5.97 Å². The molecule has 5 aliphatic rings. The van der Waals surface area contributed by atoms with Gasteiger partial charge in [-0.05, 0) is 92.2 Å². The van der Waals surface area contributed by atoms with Gasteiger partial charge in [0.15, 0.2) is 0 Å². The highest BCUT2D eigenvalue weighted by Gasteiger charge is 2.56. The molecular formula is C28H32ClN3O3. The minimum Gasteiger partial charge on any atom is -0.478 e. The molecule has 0 spiro atoms. The van der Waals surface area contributed by atoms with Crippen molar-refractivity contribution in [3.05, 3.63) is 65.2 Å². The zero-order valence-electron chi connectivity index (χ0n) is 19.8. The van der Waals surface area contributed by atoms with Crippen molar-refractivity contribution in [1.29, 1.82) is 0 Å². The topological polar surface area (TPSA) is 81.7 Å². The highest BCUT2D eigenvalue weighted by Crippen LogP contribution is 2.61. The minimum atomic E-state index is -0.913. The van der Waals surface area contributed by atoms with Gasteiger partial charge in [0.25, 0.3) is 0 Å². The van der Waals surface area contributed by atoms with Gasteiger partial charge in [0.05, 0.1) is 5.56 Å². The molecule has 1 heterocycles. The van der Waals surface area contributed by atoms with Crippen LogP contribution in [0.3, 0.4) is 0 Å². The van der Waals surface area contributed by atoms with Crippen molar-refractivity contribution in [2.75, 3.05) is 18.0 Å². The first-order valence-electron chi connectivity index (χ1n) is 12.8. The van der Waals surface area contributed by atoms with E-state index in [2.05, 4.69) is 39.8 Å². The number of carboxylic acids is 1. The molecule has 1 aliphatic heterocycles. The lowest BCUT2D eigenvalue weighted by molar-refractivity contribution is 0.0696. The van der Waals surface area contributed by atoms with Gasteiger partial charge in [-0.1, -0.05) is 24.3 Å². The lowest BCUT2D eigenvalue weighted by Crippen LogP contribution is -2.61. The Morgan fingerprint density at radius 1 is 0.914 bits per heavy atom. The quantitative estimate of drug-likeness (QED) is 0.509. The normalized spacial score (nSPS) is 31.5. The maximum Gasteiger partial charge on any atom is 0.335 e. The minimum absolute atomic E-state index is 0.0690. The lowest BCUT2D eigenvalue weighted by Gasteiger charge is -2.52.